The van der Waals surface area contributed by atoms with Gasteiger partial charge in [0, 0.05) is 12.6 Å². The van der Waals surface area contributed by atoms with E-state index in [-0.39, 0.29) is 18.1 Å². The number of hydrogen-bond acceptors (Lipinski definition) is 2. The highest BCUT2D eigenvalue weighted by Gasteiger charge is 2.46. The highest BCUT2D eigenvalue weighted by atomic mass is 19.4. The Hall–Kier alpha value is -0.290. The molecule has 2 nitrogen and oxygen atoms in total. The van der Waals surface area contributed by atoms with Crippen LogP contribution >= 0.6 is 0 Å². The third kappa shape index (κ3) is 3.55. The Bertz CT molecular complexity index is 346. The minimum atomic E-state index is -4.10. The van der Waals surface area contributed by atoms with Gasteiger partial charge in [-0.2, -0.15) is 13.2 Å². The highest BCUT2D eigenvalue weighted by molar-refractivity contribution is 4.96. The largest absolute Gasteiger partial charge is 0.403 e. The molecule has 0 bridgehead atoms. The summed E-state index contributed by atoms with van der Waals surface area (Å²) in [5, 5.41) is 2.90. The predicted octanol–water partition coefficient (Wildman–Crippen LogP) is 4.19. The summed E-state index contributed by atoms with van der Waals surface area (Å²) in [7, 11) is 0. The van der Waals surface area contributed by atoms with Gasteiger partial charge in [-0.05, 0) is 50.9 Å². The molecule has 3 rings (SSSR count). The van der Waals surface area contributed by atoms with Gasteiger partial charge in [-0.25, -0.2) is 0 Å². The van der Waals surface area contributed by atoms with Gasteiger partial charge in [0.05, 0.1) is 5.60 Å². The van der Waals surface area contributed by atoms with Crippen molar-refractivity contribution in [2.24, 2.45) is 5.92 Å². The van der Waals surface area contributed by atoms with Gasteiger partial charge in [0.1, 0.15) is 6.04 Å². The van der Waals surface area contributed by atoms with Crippen molar-refractivity contribution in [2.45, 2.75) is 88.1 Å². The van der Waals surface area contributed by atoms with Gasteiger partial charge in [-0.1, -0.05) is 19.3 Å². The Morgan fingerprint density at radius 1 is 0.952 bits per heavy atom. The highest BCUT2D eigenvalue weighted by Crippen LogP contribution is 2.43. The van der Waals surface area contributed by atoms with Gasteiger partial charge in [0.15, 0.2) is 0 Å². The van der Waals surface area contributed by atoms with Crippen LogP contribution < -0.4 is 5.32 Å². The lowest BCUT2D eigenvalue weighted by atomic mass is 9.72. The van der Waals surface area contributed by atoms with Crippen molar-refractivity contribution in [3.8, 4) is 0 Å². The molecule has 1 aliphatic carbocycles. The first-order valence-corrected chi connectivity index (χ1v) is 8.45. The minimum Gasteiger partial charge on any atom is -0.375 e. The molecule has 21 heavy (non-hydrogen) atoms. The van der Waals surface area contributed by atoms with Gasteiger partial charge in [0.25, 0.3) is 0 Å². The van der Waals surface area contributed by atoms with Crippen LogP contribution in [-0.2, 0) is 4.74 Å². The summed E-state index contributed by atoms with van der Waals surface area (Å²) >= 11 is 0. The number of halogens is 3. The number of ether oxygens (including phenoxy) is 1. The van der Waals surface area contributed by atoms with E-state index < -0.39 is 12.2 Å². The molecular formula is C16H26F3NO. The quantitative estimate of drug-likeness (QED) is 0.784. The monoisotopic (exact) mass is 305 g/mol. The first-order valence-electron chi connectivity index (χ1n) is 8.45. The molecule has 3 unspecified atom stereocenters. The van der Waals surface area contributed by atoms with E-state index in [0.717, 1.165) is 38.7 Å². The number of nitrogens with one attached hydrogen (secondary N) is 1. The molecular weight excluding hydrogens is 279 g/mol. The van der Waals surface area contributed by atoms with Crippen LogP contribution in [0.3, 0.4) is 0 Å². The lowest BCUT2D eigenvalue weighted by Crippen LogP contribution is -2.55. The third-order valence-corrected chi connectivity index (χ3v) is 5.68. The Morgan fingerprint density at radius 2 is 1.71 bits per heavy atom. The fourth-order valence-corrected chi connectivity index (χ4v) is 4.55. The van der Waals surface area contributed by atoms with Gasteiger partial charge in [-0.3, -0.25) is 0 Å². The maximum Gasteiger partial charge on any atom is 0.403 e. The van der Waals surface area contributed by atoms with Crippen molar-refractivity contribution in [3.05, 3.63) is 0 Å². The predicted molar refractivity (Wildman–Crippen MR) is 75.1 cm³/mol. The van der Waals surface area contributed by atoms with Crippen molar-refractivity contribution in [1.29, 1.82) is 0 Å². The molecule has 3 aliphatic rings. The Morgan fingerprint density at radius 3 is 2.43 bits per heavy atom. The van der Waals surface area contributed by atoms with E-state index in [1.54, 1.807) is 0 Å². The maximum atomic E-state index is 12.9. The van der Waals surface area contributed by atoms with Crippen molar-refractivity contribution in [3.63, 3.8) is 0 Å². The second-order valence-corrected chi connectivity index (χ2v) is 7.14. The third-order valence-electron chi connectivity index (χ3n) is 5.68. The molecule has 0 amide bonds. The average Bonchev–Trinajstić information content (AvgIpc) is 2.47. The molecule has 1 spiro atoms. The van der Waals surface area contributed by atoms with E-state index in [1.807, 2.05) is 0 Å². The van der Waals surface area contributed by atoms with Crippen LogP contribution in [0.1, 0.15) is 64.2 Å². The molecule has 1 saturated carbocycles. The number of hydrogen-bond donors (Lipinski definition) is 1. The second-order valence-electron chi connectivity index (χ2n) is 7.14. The summed E-state index contributed by atoms with van der Waals surface area (Å²) in [5.74, 6) is 0.349. The van der Waals surface area contributed by atoms with Gasteiger partial charge in [-0.15, -0.1) is 0 Å². The van der Waals surface area contributed by atoms with E-state index in [9.17, 15) is 13.2 Å². The number of alkyl halides is 3. The average molecular weight is 305 g/mol. The smallest absolute Gasteiger partial charge is 0.375 e. The molecule has 2 saturated heterocycles. The fraction of sp³-hybridized carbons (Fsp3) is 1.00. The summed E-state index contributed by atoms with van der Waals surface area (Å²) < 4.78 is 44.9. The SMILES string of the molecule is FC(F)(F)C1CCCC(C2CCOC3(CCCCC3)C2)N1. The number of piperidine rings is 1. The molecule has 3 fully saturated rings. The van der Waals surface area contributed by atoms with Crippen molar-refractivity contribution >= 4 is 0 Å². The minimum absolute atomic E-state index is 0.0198. The second kappa shape index (κ2) is 6.07. The Labute approximate surface area is 124 Å². The summed E-state index contributed by atoms with van der Waals surface area (Å²) in [6.07, 6.45) is 5.43. The topological polar surface area (TPSA) is 21.3 Å². The van der Waals surface area contributed by atoms with E-state index in [4.69, 9.17) is 4.74 Å². The van der Waals surface area contributed by atoms with Gasteiger partial charge >= 0.3 is 6.18 Å². The maximum absolute atomic E-state index is 12.9. The Kier molecular flexibility index (Phi) is 4.51. The molecule has 2 heterocycles. The summed E-state index contributed by atoms with van der Waals surface area (Å²) in [4.78, 5) is 0. The molecule has 0 aromatic carbocycles. The van der Waals surface area contributed by atoms with Crippen molar-refractivity contribution < 1.29 is 17.9 Å². The van der Waals surface area contributed by atoms with Crippen LogP contribution in [-0.4, -0.2) is 30.5 Å². The van der Waals surface area contributed by atoms with E-state index in [2.05, 4.69) is 5.32 Å². The van der Waals surface area contributed by atoms with Crippen molar-refractivity contribution in [1.82, 2.24) is 5.32 Å². The first-order chi connectivity index (χ1) is 9.99. The lowest BCUT2D eigenvalue weighted by molar-refractivity contribution is -0.168. The van der Waals surface area contributed by atoms with Crippen LogP contribution in [0.4, 0.5) is 13.2 Å². The van der Waals surface area contributed by atoms with E-state index in [1.165, 1.54) is 19.3 Å². The lowest BCUT2D eigenvalue weighted by Gasteiger charge is -2.47. The van der Waals surface area contributed by atoms with Crippen LogP contribution in [0.25, 0.3) is 0 Å². The summed E-state index contributed by atoms with van der Waals surface area (Å²) in [6, 6.07) is -1.28. The van der Waals surface area contributed by atoms with Crippen LogP contribution in [0.2, 0.25) is 0 Å². The van der Waals surface area contributed by atoms with Crippen LogP contribution in [0.15, 0.2) is 0 Å². The van der Waals surface area contributed by atoms with Gasteiger partial charge in [0.2, 0.25) is 0 Å². The van der Waals surface area contributed by atoms with Crippen molar-refractivity contribution in [2.75, 3.05) is 6.61 Å². The summed E-state index contributed by atoms with van der Waals surface area (Å²) in [6.45, 7) is 0.722. The number of rotatable bonds is 1. The molecule has 122 valence electrons. The van der Waals surface area contributed by atoms with Crippen LogP contribution in [0.5, 0.6) is 0 Å². The normalized spacial score (nSPS) is 37.6. The van der Waals surface area contributed by atoms with Crippen LogP contribution in [0, 0.1) is 5.92 Å². The zero-order valence-corrected chi connectivity index (χ0v) is 12.6. The standard InChI is InChI=1S/C16H26F3NO/c17-16(18,19)14-6-4-5-13(20-14)12-7-10-21-15(11-12)8-2-1-3-9-15/h12-14,20H,1-11H2. The first kappa shape index (κ1) is 15.6. The molecule has 0 aromatic heterocycles. The zero-order valence-electron chi connectivity index (χ0n) is 12.6. The molecule has 0 aromatic rings. The van der Waals surface area contributed by atoms with Gasteiger partial charge < -0.3 is 10.1 Å². The molecule has 3 atom stereocenters. The van der Waals surface area contributed by atoms with E-state index in [0.29, 0.717) is 12.3 Å². The van der Waals surface area contributed by atoms with E-state index >= 15 is 0 Å². The summed E-state index contributed by atoms with van der Waals surface area (Å²) in [5.41, 5.74) is -0.0198. The Balaban J connectivity index is 1.63. The molecule has 1 N–H and O–H groups in total. The molecule has 2 aliphatic heterocycles. The fourth-order valence-electron chi connectivity index (χ4n) is 4.55. The zero-order chi connectivity index (χ0) is 14.9. The molecule has 0 radical (unpaired) electrons. The molecule has 5 heteroatoms.